The van der Waals surface area contributed by atoms with E-state index in [2.05, 4.69) is 53.2 Å². The molecule has 0 saturated heterocycles. The number of pyridine rings is 1. The van der Waals surface area contributed by atoms with Gasteiger partial charge in [-0.3, -0.25) is 15.0 Å². The van der Waals surface area contributed by atoms with E-state index in [4.69, 9.17) is 5.73 Å². The SMILES string of the molecule is C.CC.CC.CC.CC.Cc1ccc([CH-]N=N[N-]C2CC(F)(F)C2)cc1NC(=O)/C(=C/N)c1cc(-c2cnn(PI)c2)ccn1.[CH3-].[K+]. The number of halogens is 3. The molecule has 9 nitrogen and oxygen atoms in total. The summed E-state index contributed by atoms with van der Waals surface area (Å²) in [7, 11) is 0. The molecule has 1 fully saturated rings. The average Bonchev–Trinajstić information content (AvgIpc) is 3.54. The molecule has 1 atom stereocenters. The summed E-state index contributed by atoms with van der Waals surface area (Å²) < 4.78 is 27.5. The van der Waals surface area contributed by atoms with Gasteiger partial charge in [-0.05, 0) is 58.4 Å². The van der Waals surface area contributed by atoms with Gasteiger partial charge in [0.05, 0.1) is 23.8 Å². The Kier molecular flexibility index (Phi) is 32.8. The molecule has 3 aromatic rings. The van der Waals surface area contributed by atoms with Gasteiger partial charge in [0.2, 0.25) is 5.92 Å². The molecule has 1 unspecified atom stereocenters. The van der Waals surface area contributed by atoms with Gasteiger partial charge in [0.15, 0.2) is 0 Å². The van der Waals surface area contributed by atoms with E-state index in [0.717, 1.165) is 16.7 Å². The number of hydrogen-bond donors (Lipinski definition) is 2. The fourth-order valence-corrected chi connectivity index (χ4v) is 4.58. The average molecular weight is 813 g/mol. The first-order valence-electron chi connectivity index (χ1n) is 14.8. The topological polar surface area (TPSA) is 125 Å². The molecule has 0 radical (unpaired) electrons. The number of carbonyl (C=O) groups is 1. The summed E-state index contributed by atoms with van der Waals surface area (Å²) >= 11 is 2.24. The van der Waals surface area contributed by atoms with E-state index >= 15 is 0 Å². The maximum atomic E-state index is 13.1. The number of nitrogens with one attached hydrogen (secondary N) is 1. The van der Waals surface area contributed by atoms with Gasteiger partial charge in [0.25, 0.3) is 5.91 Å². The van der Waals surface area contributed by atoms with Crippen LogP contribution in [0.3, 0.4) is 0 Å². The number of nitrogens with two attached hydrogens (primary N) is 1. The third-order valence-electron chi connectivity index (χ3n) is 5.50. The minimum Gasteiger partial charge on any atom is -0.422 e. The Labute approximate surface area is 339 Å². The Balaban J connectivity index is -0.000000781. The normalized spacial score (nSPS) is 12.6. The summed E-state index contributed by atoms with van der Waals surface area (Å²) in [6.45, 7) is 19.3. The van der Waals surface area contributed by atoms with Crippen LogP contribution in [0.4, 0.5) is 14.5 Å². The molecule has 3 N–H and O–H groups in total. The van der Waals surface area contributed by atoms with E-state index in [1.165, 1.54) is 12.7 Å². The fraction of sp³-hybridized carbons (Fsp3) is 0.424. The molecule has 1 aromatic carbocycles. The zero-order chi connectivity index (χ0) is 33.7. The number of anilines is 1. The summed E-state index contributed by atoms with van der Waals surface area (Å²) in [6, 6.07) is 8.46. The maximum Gasteiger partial charge on any atom is 1.00 e. The van der Waals surface area contributed by atoms with Crippen LogP contribution in [-0.4, -0.2) is 32.4 Å². The van der Waals surface area contributed by atoms with Gasteiger partial charge < -0.3 is 29.0 Å². The van der Waals surface area contributed by atoms with Crippen molar-refractivity contribution in [3.05, 3.63) is 91.3 Å². The number of hydrogen-bond acceptors (Lipinski definition) is 6. The quantitative estimate of drug-likeness (QED) is 0.0430. The van der Waals surface area contributed by atoms with E-state index in [-0.39, 0.29) is 84.7 Å². The second kappa shape index (κ2) is 29.4. The van der Waals surface area contributed by atoms with E-state index in [1.807, 2.05) is 85.1 Å². The van der Waals surface area contributed by atoms with Crippen molar-refractivity contribution in [2.45, 2.75) is 94.5 Å². The third kappa shape index (κ3) is 17.7. The zero-order valence-electron chi connectivity index (χ0n) is 29.1. The van der Waals surface area contributed by atoms with Crippen molar-refractivity contribution in [1.82, 2.24) is 14.5 Å². The number of alkyl halides is 2. The minimum absolute atomic E-state index is 0. The standard InChI is InChI=1S/C23H23F2IN8OP.4C2H6.CH4.CH3.K/c1-14-2-3-15(11-29-33-32-18-8-23(24,25)9-18)6-20(14)31-22(35)19(10-27)21-7-16(4-5-28-21)17-12-30-34(13-17)36-26;4*1-2;;;/h2-7,10-13,18,36H,8-9H2,1H3,(H4,27,28,29,31,32,35);4*1-2H3;1H4;1H3;/q-1;;;;;;-1;+1/p-1. The van der Waals surface area contributed by atoms with Gasteiger partial charge in [-0.15, -0.1) is 12.1 Å². The predicted molar refractivity (Wildman–Crippen MR) is 203 cm³/mol. The monoisotopic (exact) mass is 812 g/mol. The van der Waals surface area contributed by atoms with E-state index in [0.29, 0.717) is 23.3 Å². The third-order valence-corrected chi connectivity index (χ3v) is 7.40. The minimum atomic E-state index is -2.65. The van der Waals surface area contributed by atoms with Crippen molar-refractivity contribution in [2.24, 2.45) is 16.1 Å². The van der Waals surface area contributed by atoms with Gasteiger partial charge in [0.1, 0.15) is 0 Å². The summed E-state index contributed by atoms with van der Waals surface area (Å²) in [4.78, 5) is 17.4. The Hall–Kier alpha value is -1.48. The van der Waals surface area contributed by atoms with Crippen LogP contribution in [0.5, 0.6) is 0 Å². The molecule has 1 aliphatic rings. The van der Waals surface area contributed by atoms with E-state index in [1.54, 1.807) is 30.6 Å². The Morgan fingerprint density at radius 3 is 2.28 bits per heavy atom. The van der Waals surface area contributed by atoms with E-state index < -0.39 is 17.9 Å². The van der Waals surface area contributed by atoms with Crippen LogP contribution in [0.15, 0.2) is 65.5 Å². The van der Waals surface area contributed by atoms with Crippen LogP contribution in [0.25, 0.3) is 22.1 Å². The number of amides is 1. The fourth-order valence-electron chi connectivity index (χ4n) is 3.50. The number of rotatable bonds is 9. The van der Waals surface area contributed by atoms with E-state index in [9.17, 15) is 13.6 Å². The van der Waals surface area contributed by atoms with Crippen molar-refractivity contribution in [2.75, 3.05) is 5.32 Å². The second-order valence-electron chi connectivity index (χ2n) is 8.16. The molecule has 2 aromatic heterocycles. The molecular formula is C33H53F2IKN8OP-2. The first kappa shape index (κ1) is 52.3. The zero-order valence-corrected chi connectivity index (χ0v) is 35.3. The first-order chi connectivity index (χ1) is 21.3. The van der Waals surface area contributed by atoms with Crippen LogP contribution in [0.1, 0.15) is 92.5 Å². The second-order valence-corrected chi connectivity index (χ2v) is 10.2. The van der Waals surface area contributed by atoms with Gasteiger partial charge in [0, 0.05) is 37.0 Å². The summed E-state index contributed by atoms with van der Waals surface area (Å²) in [5, 5.41) is 14.6. The maximum absolute atomic E-state index is 13.1. The number of benzene rings is 1. The number of nitrogens with zero attached hydrogens (tertiary/aromatic N) is 6. The molecule has 2 heterocycles. The molecule has 260 valence electrons. The number of carbonyl (C=O) groups excluding carboxylic acids is 1. The summed E-state index contributed by atoms with van der Waals surface area (Å²) in [5.74, 6) is -3.07. The molecule has 47 heavy (non-hydrogen) atoms. The molecule has 0 spiro atoms. The van der Waals surface area contributed by atoms with Gasteiger partial charge in [-0.1, -0.05) is 68.4 Å². The Morgan fingerprint density at radius 2 is 1.74 bits per heavy atom. The Bertz CT molecular complexity index is 1320. The summed E-state index contributed by atoms with van der Waals surface area (Å²) in [6.07, 6.45) is 6.40. The van der Waals surface area contributed by atoms with Crippen molar-refractivity contribution < 1.29 is 65.0 Å². The van der Waals surface area contributed by atoms with Crippen LogP contribution in [0.2, 0.25) is 0 Å². The first-order valence-corrected chi connectivity index (χ1v) is 18.9. The summed E-state index contributed by atoms with van der Waals surface area (Å²) in [5.41, 5.74) is 14.0. The van der Waals surface area contributed by atoms with Crippen molar-refractivity contribution >= 4 is 45.6 Å². The van der Waals surface area contributed by atoms with Crippen LogP contribution in [0, 0.1) is 20.9 Å². The van der Waals surface area contributed by atoms with Crippen LogP contribution >= 0.6 is 28.4 Å². The molecule has 1 saturated carbocycles. The largest absolute Gasteiger partial charge is 1.00 e. The molecule has 14 heteroatoms. The van der Waals surface area contributed by atoms with Gasteiger partial charge in [-0.25, -0.2) is 13.2 Å². The number of aryl methyl sites for hydroxylation is 1. The van der Waals surface area contributed by atoms with Gasteiger partial charge in [-0.2, -0.15) is 23.3 Å². The predicted octanol–water partition coefficient (Wildman–Crippen LogP) is 8.23. The molecule has 1 amide bonds. The molecule has 1 aliphatic carbocycles. The number of aromatic nitrogens is 3. The molecule has 4 rings (SSSR count). The van der Waals surface area contributed by atoms with Crippen LogP contribution < -0.4 is 62.4 Å². The molecule has 0 bridgehead atoms. The van der Waals surface area contributed by atoms with Crippen molar-refractivity contribution in [3.63, 3.8) is 0 Å². The van der Waals surface area contributed by atoms with Crippen molar-refractivity contribution in [3.8, 4) is 11.1 Å². The smallest absolute Gasteiger partial charge is 0.422 e. The molecule has 0 aliphatic heterocycles. The Morgan fingerprint density at radius 1 is 1.13 bits per heavy atom. The van der Waals surface area contributed by atoms with Gasteiger partial charge >= 0.3 is 51.4 Å². The van der Waals surface area contributed by atoms with Crippen LogP contribution in [-0.2, 0) is 4.79 Å². The molecular weight excluding hydrogens is 759 g/mol. The van der Waals surface area contributed by atoms with Crippen molar-refractivity contribution in [1.29, 1.82) is 0 Å².